The molecule has 1 fully saturated rings. The molecule has 1 saturated heterocycles. The molecule has 110 valence electrons. The average Bonchev–Trinajstić information content (AvgIpc) is 2.43. The maximum Gasteiger partial charge on any atom is 0.176 e. The molecule has 2 atom stereocenters. The van der Waals surface area contributed by atoms with Crippen molar-refractivity contribution in [1.29, 1.82) is 0 Å². The van der Waals surface area contributed by atoms with Crippen molar-refractivity contribution in [2.24, 2.45) is 0 Å². The fraction of sp³-hybridized carbons (Fsp3) is 0.533. The van der Waals surface area contributed by atoms with E-state index >= 15 is 0 Å². The van der Waals surface area contributed by atoms with Gasteiger partial charge in [0.05, 0.1) is 18.1 Å². The Labute approximate surface area is 133 Å². The normalized spacial score (nSPS) is 23.6. The standard InChI is InChI=1S/C15H20BrNO2S/c1-10-11(2)20-7-6-17(10)9-14(18)12-4-5-15(19-3)13(16)8-12/h4-5,8,10-11H,6-7,9H2,1-3H3. The highest BCUT2D eigenvalue weighted by atomic mass is 79.9. The molecule has 0 amide bonds. The Morgan fingerprint density at radius 3 is 2.90 bits per heavy atom. The van der Waals surface area contributed by atoms with Crippen molar-refractivity contribution in [3.63, 3.8) is 0 Å². The molecule has 0 aliphatic carbocycles. The number of rotatable bonds is 4. The second-order valence-corrected chi connectivity index (χ2v) is 7.40. The number of carbonyl (C=O) groups is 1. The lowest BCUT2D eigenvalue weighted by Gasteiger charge is -2.36. The monoisotopic (exact) mass is 357 g/mol. The van der Waals surface area contributed by atoms with Gasteiger partial charge >= 0.3 is 0 Å². The number of nitrogens with zero attached hydrogens (tertiary/aromatic N) is 1. The van der Waals surface area contributed by atoms with Crippen LogP contribution in [0.1, 0.15) is 24.2 Å². The van der Waals surface area contributed by atoms with Gasteiger partial charge in [-0.2, -0.15) is 11.8 Å². The lowest BCUT2D eigenvalue weighted by Crippen LogP contribution is -2.46. The zero-order chi connectivity index (χ0) is 14.7. The summed E-state index contributed by atoms with van der Waals surface area (Å²) in [6, 6.07) is 5.95. The molecule has 1 aromatic carbocycles. The number of Topliss-reactive ketones (excluding diaryl/α,β-unsaturated/α-hetero) is 1. The summed E-state index contributed by atoms with van der Waals surface area (Å²) < 4.78 is 6.01. The quantitative estimate of drug-likeness (QED) is 0.771. The molecule has 5 heteroatoms. The molecular weight excluding hydrogens is 338 g/mol. The fourth-order valence-electron chi connectivity index (χ4n) is 2.33. The third kappa shape index (κ3) is 3.57. The fourth-order valence-corrected chi connectivity index (χ4v) is 4.04. The summed E-state index contributed by atoms with van der Waals surface area (Å²) in [5.74, 6) is 2.02. The van der Waals surface area contributed by atoms with E-state index in [0.717, 1.165) is 28.1 Å². The van der Waals surface area contributed by atoms with Crippen molar-refractivity contribution in [3.8, 4) is 5.75 Å². The number of halogens is 1. The smallest absolute Gasteiger partial charge is 0.176 e. The first-order valence-corrected chi connectivity index (χ1v) is 8.59. The van der Waals surface area contributed by atoms with Crippen LogP contribution in [0.5, 0.6) is 5.75 Å². The van der Waals surface area contributed by atoms with Crippen molar-refractivity contribution in [3.05, 3.63) is 28.2 Å². The number of ketones is 1. The highest BCUT2D eigenvalue weighted by Crippen LogP contribution is 2.27. The minimum atomic E-state index is 0.166. The SMILES string of the molecule is COc1ccc(C(=O)CN2CCSC(C)C2C)cc1Br. The minimum Gasteiger partial charge on any atom is -0.496 e. The Morgan fingerprint density at radius 2 is 2.25 bits per heavy atom. The molecular formula is C15H20BrNO2S. The van der Waals surface area contributed by atoms with E-state index in [0.29, 0.717) is 17.8 Å². The molecule has 1 heterocycles. The number of methoxy groups -OCH3 is 1. The van der Waals surface area contributed by atoms with Gasteiger partial charge in [-0.25, -0.2) is 0 Å². The van der Waals surface area contributed by atoms with Crippen molar-refractivity contribution in [2.45, 2.75) is 25.1 Å². The van der Waals surface area contributed by atoms with Crippen molar-refractivity contribution in [1.82, 2.24) is 4.90 Å². The molecule has 2 rings (SSSR count). The zero-order valence-corrected chi connectivity index (χ0v) is 14.5. The van der Waals surface area contributed by atoms with Crippen LogP contribution in [0.15, 0.2) is 22.7 Å². The van der Waals surface area contributed by atoms with Crippen LogP contribution >= 0.6 is 27.7 Å². The lowest BCUT2D eigenvalue weighted by atomic mass is 10.1. The van der Waals surface area contributed by atoms with E-state index in [4.69, 9.17) is 4.74 Å². The van der Waals surface area contributed by atoms with Gasteiger partial charge in [-0.15, -0.1) is 0 Å². The number of hydrogen-bond donors (Lipinski definition) is 0. The van der Waals surface area contributed by atoms with Crippen LogP contribution in [0.25, 0.3) is 0 Å². The first-order valence-electron chi connectivity index (χ1n) is 6.75. The number of benzene rings is 1. The highest BCUT2D eigenvalue weighted by Gasteiger charge is 2.26. The largest absolute Gasteiger partial charge is 0.496 e. The molecule has 0 radical (unpaired) electrons. The maximum atomic E-state index is 12.4. The van der Waals surface area contributed by atoms with Crippen LogP contribution in [-0.4, -0.2) is 47.9 Å². The molecule has 1 aliphatic rings. The van der Waals surface area contributed by atoms with Crippen molar-refractivity contribution >= 4 is 33.5 Å². The van der Waals surface area contributed by atoms with Gasteiger partial charge in [-0.3, -0.25) is 9.69 Å². The van der Waals surface area contributed by atoms with Crippen LogP contribution in [0.3, 0.4) is 0 Å². The topological polar surface area (TPSA) is 29.5 Å². The molecule has 0 aromatic heterocycles. The third-order valence-corrected chi connectivity index (χ3v) is 5.79. The first-order chi connectivity index (χ1) is 9.52. The van der Waals surface area contributed by atoms with E-state index in [2.05, 4.69) is 34.7 Å². The summed E-state index contributed by atoms with van der Waals surface area (Å²) in [4.78, 5) is 14.7. The van der Waals surface area contributed by atoms with E-state index in [1.54, 1.807) is 7.11 Å². The van der Waals surface area contributed by atoms with Crippen LogP contribution in [-0.2, 0) is 0 Å². The zero-order valence-electron chi connectivity index (χ0n) is 12.1. The molecule has 0 N–H and O–H groups in total. The Balaban J connectivity index is 2.06. The van der Waals surface area contributed by atoms with Gasteiger partial charge in [0.2, 0.25) is 0 Å². The van der Waals surface area contributed by atoms with Gasteiger partial charge in [0.15, 0.2) is 5.78 Å². The summed E-state index contributed by atoms with van der Waals surface area (Å²) in [6.07, 6.45) is 0. The Hall–Kier alpha value is -0.520. The summed E-state index contributed by atoms with van der Waals surface area (Å²) in [7, 11) is 1.62. The van der Waals surface area contributed by atoms with E-state index in [-0.39, 0.29) is 5.78 Å². The van der Waals surface area contributed by atoms with Crippen LogP contribution in [0.2, 0.25) is 0 Å². The van der Waals surface area contributed by atoms with Crippen molar-refractivity contribution in [2.75, 3.05) is 26.0 Å². The molecule has 2 unspecified atom stereocenters. The summed E-state index contributed by atoms with van der Waals surface area (Å²) in [5.41, 5.74) is 0.732. The van der Waals surface area contributed by atoms with E-state index in [1.165, 1.54) is 0 Å². The third-order valence-electron chi connectivity index (χ3n) is 3.84. The van der Waals surface area contributed by atoms with Gasteiger partial charge in [-0.1, -0.05) is 6.92 Å². The first kappa shape index (κ1) is 15.9. The summed E-state index contributed by atoms with van der Waals surface area (Å²) in [6.45, 7) is 5.91. The predicted octanol–water partition coefficient (Wildman–Crippen LogP) is 3.47. The predicted molar refractivity (Wildman–Crippen MR) is 88.0 cm³/mol. The Morgan fingerprint density at radius 1 is 1.50 bits per heavy atom. The Bertz CT molecular complexity index is 495. The second-order valence-electron chi connectivity index (χ2n) is 5.06. The van der Waals surface area contributed by atoms with Gasteiger partial charge < -0.3 is 4.74 Å². The molecule has 0 bridgehead atoms. The number of ether oxygens (including phenoxy) is 1. The minimum absolute atomic E-state index is 0.166. The van der Waals surface area contributed by atoms with Gasteiger partial charge in [0.25, 0.3) is 0 Å². The van der Waals surface area contributed by atoms with Crippen LogP contribution in [0.4, 0.5) is 0 Å². The van der Waals surface area contributed by atoms with E-state index in [1.807, 2.05) is 30.0 Å². The summed E-state index contributed by atoms with van der Waals surface area (Å²) >= 11 is 5.41. The van der Waals surface area contributed by atoms with E-state index in [9.17, 15) is 4.79 Å². The second kappa shape index (κ2) is 6.96. The lowest BCUT2D eigenvalue weighted by molar-refractivity contribution is 0.0902. The molecule has 20 heavy (non-hydrogen) atoms. The van der Waals surface area contributed by atoms with Crippen molar-refractivity contribution < 1.29 is 9.53 Å². The molecule has 1 aliphatic heterocycles. The summed E-state index contributed by atoms with van der Waals surface area (Å²) in [5, 5.41) is 0.583. The van der Waals surface area contributed by atoms with Gasteiger partial charge in [-0.05, 0) is 41.1 Å². The highest BCUT2D eigenvalue weighted by molar-refractivity contribution is 9.10. The number of hydrogen-bond acceptors (Lipinski definition) is 4. The average molecular weight is 358 g/mol. The molecule has 3 nitrogen and oxygen atoms in total. The molecule has 0 saturated carbocycles. The van der Waals surface area contributed by atoms with E-state index < -0.39 is 0 Å². The Kier molecular flexibility index (Phi) is 5.52. The molecule has 1 aromatic rings. The molecule has 0 spiro atoms. The number of thioether (sulfide) groups is 1. The van der Waals surface area contributed by atoms with Crippen LogP contribution < -0.4 is 4.74 Å². The van der Waals surface area contributed by atoms with Gasteiger partial charge in [0, 0.05) is 29.2 Å². The van der Waals surface area contributed by atoms with Crippen LogP contribution in [0, 0.1) is 0 Å². The maximum absolute atomic E-state index is 12.4. The van der Waals surface area contributed by atoms with Gasteiger partial charge in [0.1, 0.15) is 5.75 Å². The number of carbonyl (C=O) groups excluding carboxylic acids is 1.